The van der Waals surface area contributed by atoms with Gasteiger partial charge in [0.25, 0.3) is 0 Å². The highest BCUT2D eigenvalue weighted by molar-refractivity contribution is 7.71. The maximum Gasteiger partial charge on any atom is 0.213 e. The van der Waals surface area contributed by atoms with E-state index in [9.17, 15) is 8.78 Å². The molecule has 2 heterocycles. The third kappa shape index (κ3) is 1.85. The van der Waals surface area contributed by atoms with Crippen molar-refractivity contribution in [1.82, 2.24) is 14.8 Å². The fraction of sp³-hybridized carbons (Fsp3) is 0.273. The molecule has 0 fully saturated rings. The van der Waals surface area contributed by atoms with Crippen LogP contribution in [0.15, 0.2) is 18.2 Å². The van der Waals surface area contributed by atoms with Crippen LogP contribution < -0.4 is 0 Å². The summed E-state index contributed by atoms with van der Waals surface area (Å²) in [4.78, 5) is 3.91. The highest BCUT2D eigenvalue weighted by atomic mass is 35.5. The van der Waals surface area contributed by atoms with E-state index in [0.29, 0.717) is 5.56 Å². The Hall–Kier alpha value is -1.27. The van der Waals surface area contributed by atoms with E-state index in [4.69, 9.17) is 23.8 Å². The van der Waals surface area contributed by atoms with Crippen molar-refractivity contribution in [2.75, 3.05) is 0 Å². The first-order valence-electron chi connectivity index (χ1n) is 5.33. The monoisotopic (exact) mass is 287 g/mol. The number of benzene rings is 1. The highest BCUT2D eigenvalue weighted by Crippen LogP contribution is 2.39. The van der Waals surface area contributed by atoms with E-state index in [2.05, 4.69) is 10.1 Å². The zero-order valence-electron chi connectivity index (χ0n) is 9.03. The van der Waals surface area contributed by atoms with Crippen molar-refractivity contribution >= 4 is 23.8 Å². The van der Waals surface area contributed by atoms with Gasteiger partial charge in [0, 0.05) is 11.4 Å². The lowest BCUT2D eigenvalue weighted by Gasteiger charge is -2.13. The molecule has 0 radical (unpaired) electrons. The zero-order valence-corrected chi connectivity index (χ0v) is 10.6. The predicted octanol–water partition coefficient (Wildman–Crippen LogP) is 3.74. The average Bonchev–Trinajstić information content (AvgIpc) is 2.77. The van der Waals surface area contributed by atoms with Gasteiger partial charge in [-0.3, -0.25) is 9.78 Å². The van der Waals surface area contributed by atoms with E-state index in [0.717, 1.165) is 0 Å². The van der Waals surface area contributed by atoms with Crippen LogP contribution in [0.3, 0.4) is 0 Å². The second-order valence-electron chi connectivity index (χ2n) is 4.18. The van der Waals surface area contributed by atoms with Crippen LogP contribution in [0.25, 0.3) is 0 Å². The van der Waals surface area contributed by atoms with Gasteiger partial charge >= 0.3 is 0 Å². The van der Waals surface area contributed by atoms with Gasteiger partial charge in [-0.1, -0.05) is 11.6 Å². The van der Waals surface area contributed by atoms with Gasteiger partial charge in [0.1, 0.15) is 5.82 Å². The summed E-state index contributed by atoms with van der Waals surface area (Å²) in [6, 6.07) is 3.82. The predicted molar refractivity (Wildman–Crippen MR) is 65.4 cm³/mol. The van der Waals surface area contributed by atoms with Crippen LogP contribution in [0.1, 0.15) is 30.0 Å². The topological polar surface area (TPSA) is 33.6 Å². The number of rotatable bonds is 1. The summed E-state index contributed by atoms with van der Waals surface area (Å²) >= 11 is 10.7. The molecule has 0 saturated heterocycles. The molecule has 1 aromatic heterocycles. The number of hydrogen-bond donors (Lipinski definition) is 1. The van der Waals surface area contributed by atoms with Gasteiger partial charge < -0.3 is 0 Å². The van der Waals surface area contributed by atoms with Crippen molar-refractivity contribution in [3.05, 3.63) is 45.2 Å². The summed E-state index contributed by atoms with van der Waals surface area (Å²) in [5.41, 5.74) is 0.602. The van der Waals surface area contributed by atoms with Gasteiger partial charge in [-0.15, -0.1) is 0 Å². The number of hydrogen-bond acceptors (Lipinski definition) is 2. The third-order valence-electron chi connectivity index (χ3n) is 2.97. The first-order valence-corrected chi connectivity index (χ1v) is 6.12. The van der Waals surface area contributed by atoms with Crippen LogP contribution in [-0.4, -0.2) is 14.8 Å². The summed E-state index contributed by atoms with van der Waals surface area (Å²) in [7, 11) is 0. The lowest BCUT2D eigenvalue weighted by atomic mass is 10.0. The fourth-order valence-electron chi connectivity index (χ4n) is 2.26. The summed E-state index contributed by atoms with van der Waals surface area (Å²) in [6.07, 6.45) is -1.00. The Labute approximate surface area is 111 Å². The van der Waals surface area contributed by atoms with Crippen LogP contribution in [0.2, 0.25) is 5.02 Å². The molecular weight excluding hydrogens is 280 g/mol. The summed E-state index contributed by atoms with van der Waals surface area (Å²) in [5.74, 6) is -0.189. The van der Waals surface area contributed by atoms with Gasteiger partial charge in [0.05, 0.1) is 6.04 Å². The second kappa shape index (κ2) is 4.13. The Morgan fingerprint density at radius 1 is 1.44 bits per heavy atom. The van der Waals surface area contributed by atoms with E-state index in [1.54, 1.807) is 6.07 Å². The van der Waals surface area contributed by atoms with E-state index in [1.807, 2.05) is 0 Å². The minimum absolute atomic E-state index is 0.203. The van der Waals surface area contributed by atoms with Crippen molar-refractivity contribution in [3.63, 3.8) is 0 Å². The third-order valence-corrected chi connectivity index (χ3v) is 3.37. The van der Waals surface area contributed by atoms with Crippen molar-refractivity contribution in [1.29, 1.82) is 0 Å². The molecule has 94 valence electrons. The molecule has 0 unspecified atom stereocenters. The molecule has 0 spiro atoms. The smallest absolute Gasteiger partial charge is 0.213 e. The normalized spacial score (nSPS) is 22.2. The van der Waals surface area contributed by atoms with Crippen LogP contribution in [0, 0.1) is 10.6 Å². The van der Waals surface area contributed by atoms with E-state index in [1.165, 1.54) is 16.8 Å². The molecule has 2 aromatic rings. The number of nitrogens with zero attached hydrogens (tertiary/aromatic N) is 2. The molecule has 1 aromatic carbocycles. The summed E-state index contributed by atoms with van der Waals surface area (Å²) < 4.78 is 28.9. The molecule has 0 saturated carbocycles. The highest BCUT2D eigenvalue weighted by Gasteiger charge is 2.34. The molecule has 0 aliphatic carbocycles. The molecule has 3 nitrogen and oxygen atoms in total. The first-order chi connectivity index (χ1) is 8.54. The Balaban J connectivity index is 2.11. The molecule has 1 aliphatic rings. The first kappa shape index (κ1) is 11.8. The molecule has 3 rings (SSSR count). The maximum absolute atomic E-state index is 13.8. The van der Waals surface area contributed by atoms with Gasteiger partial charge in [0.2, 0.25) is 4.77 Å². The number of fused-ring (bicyclic) bond motifs is 1. The van der Waals surface area contributed by atoms with Gasteiger partial charge in [-0.05, 0) is 36.0 Å². The molecule has 2 atom stereocenters. The van der Waals surface area contributed by atoms with Crippen molar-refractivity contribution in [2.45, 2.75) is 18.6 Å². The Morgan fingerprint density at radius 3 is 2.94 bits per heavy atom. The van der Waals surface area contributed by atoms with Crippen molar-refractivity contribution in [2.24, 2.45) is 0 Å². The van der Waals surface area contributed by atoms with Crippen molar-refractivity contribution in [3.8, 4) is 0 Å². The van der Waals surface area contributed by atoms with Gasteiger partial charge in [-0.2, -0.15) is 0 Å². The fourth-order valence-corrected chi connectivity index (χ4v) is 2.68. The number of nitrogens with one attached hydrogen (secondary N) is 1. The molecular formula is C11H8ClF2N3S. The van der Waals surface area contributed by atoms with Gasteiger partial charge in [-0.25, -0.2) is 13.8 Å². The standard InChI is InChI=1S/C11H8ClF2N3S/c12-6-1-5(2-7(13)3-6)9-4-8(14)10-15-11(18)16-17(9)10/h1-3,8-9H,4H2,(H,16,18)/t8-,9-/m0/s1. The van der Waals surface area contributed by atoms with E-state index >= 15 is 0 Å². The lowest BCUT2D eigenvalue weighted by molar-refractivity contribution is 0.328. The molecule has 18 heavy (non-hydrogen) atoms. The summed E-state index contributed by atoms with van der Waals surface area (Å²) in [6.45, 7) is 0. The number of alkyl halides is 1. The van der Waals surface area contributed by atoms with E-state index < -0.39 is 12.0 Å². The Kier molecular flexibility index (Phi) is 2.71. The van der Waals surface area contributed by atoms with E-state index in [-0.39, 0.29) is 28.1 Å². The minimum Gasteiger partial charge on any atom is -0.270 e. The van der Waals surface area contributed by atoms with Crippen LogP contribution in [-0.2, 0) is 0 Å². The number of H-pyrrole nitrogens is 1. The lowest BCUT2D eigenvalue weighted by Crippen LogP contribution is -2.07. The average molecular weight is 288 g/mol. The number of halogens is 3. The zero-order chi connectivity index (χ0) is 12.9. The number of aromatic nitrogens is 3. The minimum atomic E-state index is -1.20. The maximum atomic E-state index is 13.8. The second-order valence-corrected chi connectivity index (χ2v) is 5.00. The quantitative estimate of drug-likeness (QED) is 0.811. The number of aromatic amines is 1. The Bertz CT molecular complexity index is 646. The Morgan fingerprint density at radius 2 is 2.22 bits per heavy atom. The van der Waals surface area contributed by atoms with Gasteiger partial charge in [0.15, 0.2) is 12.0 Å². The van der Waals surface area contributed by atoms with Crippen molar-refractivity contribution < 1.29 is 8.78 Å². The SMILES string of the molecule is Fc1cc(Cl)cc([C@@H]2C[C@H](F)c3nc(=S)[nH]n32)c1. The largest absolute Gasteiger partial charge is 0.270 e. The van der Waals surface area contributed by atoms with Crippen LogP contribution in [0.5, 0.6) is 0 Å². The summed E-state index contributed by atoms with van der Waals surface area (Å²) in [5, 5.41) is 3.07. The van der Waals surface area contributed by atoms with Crippen LogP contribution in [0.4, 0.5) is 8.78 Å². The molecule has 0 amide bonds. The van der Waals surface area contributed by atoms with Crippen LogP contribution >= 0.6 is 23.8 Å². The molecule has 7 heteroatoms. The molecule has 1 aliphatic heterocycles. The molecule has 0 bridgehead atoms. The molecule has 1 N–H and O–H groups in total.